The molecule has 3 N–H and O–H groups in total. The molecule has 70 valence electrons. The maximum Gasteiger partial charge on any atom is 0.438 e. The number of ether oxygens (including phenoxy) is 2. The zero-order valence-corrected chi connectivity index (χ0v) is 6.05. The molecule has 12 heavy (non-hydrogen) atoms. The molecule has 0 saturated carbocycles. The molecular weight excluding hydrogens is 174 g/mol. The van der Waals surface area contributed by atoms with Crippen molar-refractivity contribution < 1.29 is 23.0 Å². The molecule has 1 aliphatic heterocycles. The van der Waals surface area contributed by atoms with Crippen molar-refractivity contribution in [1.29, 1.82) is 0 Å². The Morgan fingerprint density at radius 3 is 2.58 bits per heavy atom. The Morgan fingerprint density at radius 1 is 1.67 bits per heavy atom. The number of hydrogen-bond donors (Lipinski definition) is 2. The van der Waals surface area contributed by atoms with Crippen LogP contribution >= 0.6 is 0 Å². The lowest BCUT2D eigenvalue weighted by molar-refractivity contribution is -0.284. The van der Waals surface area contributed by atoms with Gasteiger partial charge >= 0.3 is 12.0 Å². The lowest BCUT2D eigenvalue weighted by Gasteiger charge is -2.28. The second-order valence-electron chi connectivity index (χ2n) is 2.27. The zero-order valence-electron chi connectivity index (χ0n) is 6.05. The highest BCUT2D eigenvalue weighted by Gasteiger charge is 2.44. The van der Waals surface area contributed by atoms with E-state index in [0.717, 1.165) is 0 Å². The predicted molar refractivity (Wildman–Crippen MR) is 33.0 cm³/mol. The number of hydrogen-bond acceptors (Lipinski definition) is 4. The predicted octanol–water partition coefficient (Wildman–Crippen LogP) is -1.02. The maximum absolute atomic E-state index is 12.5. The van der Waals surface area contributed by atoms with Crippen molar-refractivity contribution in [3.05, 3.63) is 0 Å². The van der Waals surface area contributed by atoms with Crippen molar-refractivity contribution in [2.24, 2.45) is 5.84 Å². The number of rotatable bonds is 3. The first kappa shape index (κ1) is 9.30. The summed E-state index contributed by atoms with van der Waals surface area (Å²) >= 11 is 0. The van der Waals surface area contributed by atoms with Gasteiger partial charge in [-0.3, -0.25) is 10.2 Å². The molecule has 7 heteroatoms. The van der Waals surface area contributed by atoms with Crippen LogP contribution in [-0.4, -0.2) is 31.3 Å². The van der Waals surface area contributed by atoms with Crippen LogP contribution in [0.25, 0.3) is 0 Å². The van der Waals surface area contributed by atoms with Crippen molar-refractivity contribution in [1.82, 2.24) is 5.43 Å². The standard InChI is InChI=1S/C5H8F2N2O3/c6-5(7,4(10)9-8)12-3-1-11-2-3/h3H,1-2,8H2,(H,9,10). The molecule has 1 rings (SSSR count). The van der Waals surface area contributed by atoms with E-state index in [-0.39, 0.29) is 13.2 Å². The minimum absolute atomic E-state index is 0.0768. The van der Waals surface area contributed by atoms with Gasteiger partial charge in [0.25, 0.3) is 0 Å². The zero-order chi connectivity index (χ0) is 9.19. The molecule has 1 amide bonds. The summed E-state index contributed by atoms with van der Waals surface area (Å²) < 4.78 is 33.7. The first-order valence-corrected chi connectivity index (χ1v) is 3.20. The lowest BCUT2D eigenvalue weighted by Crippen LogP contribution is -2.50. The Balaban J connectivity index is 2.40. The fourth-order valence-corrected chi connectivity index (χ4v) is 0.629. The largest absolute Gasteiger partial charge is 0.438 e. The molecular formula is C5H8F2N2O3. The van der Waals surface area contributed by atoms with Crippen LogP contribution < -0.4 is 11.3 Å². The van der Waals surface area contributed by atoms with Gasteiger partial charge in [-0.05, 0) is 0 Å². The van der Waals surface area contributed by atoms with Gasteiger partial charge in [-0.25, -0.2) is 5.84 Å². The highest BCUT2D eigenvalue weighted by Crippen LogP contribution is 2.20. The average Bonchev–Trinajstić information content (AvgIpc) is 1.95. The summed E-state index contributed by atoms with van der Waals surface area (Å²) in [7, 11) is 0. The molecule has 0 bridgehead atoms. The number of carbonyl (C=O) groups excluding carboxylic acids is 1. The molecule has 1 fully saturated rings. The SMILES string of the molecule is NNC(=O)C(F)(F)OC1COC1. The van der Waals surface area contributed by atoms with Crippen LogP contribution in [0.5, 0.6) is 0 Å². The molecule has 0 spiro atoms. The summed E-state index contributed by atoms with van der Waals surface area (Å²) in [5, 5.41) is 0. The third-order valence-corrected chi connectivity index (χ3v) is 1.32. The second-order valence-corrected chi connectivity index (χ2v) is 2.27. The van der Waals surface area contributed by atoms with Gasteiger partial charge in [0.15, 0.2) is 0 Å². The van der Waals surface area contributed by atoms with Crippen LogP contribution in [0.3, 0.4) is 0 Å². The van der Waals surface area contributed by atoms with Crippen molar-refractivity contribution >= 4 is 5.91 Å². The highest BCUT2D eigenvalue weighted by molar-refractivity contribution is 5.81. The Morgan fingerprint density at radius 2 is 2.25 bits per heavy atom. The first-order chi connectivity index (χ1) is 5.56. The van der Waals surface area contributed by atoms with E-state index in [1.54, 1.807) is 0 Å². The first-order valence-electron chi connectivity index (χ1n) is 3.20. The molecule has 1 saturated heterocycles. The number of hydrazine groups is 1. The third-order valence-electron chi connectivity index (χ3n) is 1.32. The van der Waals surface area contributed by atoms with E-state index in [2.05, 4.69) is 15.3 Å². The summed E-state index contributed by atoms with van der Waals surface area (Å²) in [5.41, 5.74) is 1.30. The molecule has 5 nitrogen and oxygen atoms in total. The highest BCUT2D eigenvalue weighted by atomic mass is 19.3. The van der Waals surface area contributed by atoms with Gasteiger partial charge in [0.2, 0.25) is 0 Å². The second kappa shape index (κ2) is 3.30. The van der Waals surface area contributed by atoms with E-state index in [4.69, 9.17) is 0 Å². The Hall–Kier alpha value is -0.790. The number of carbonyl (C=O) groups is 1. The van der Waals surface area contributed by atoms with E-state index < -0.39 is 18.1 Å². The summed E-state index contributed by atoms with van der Waals surface area (Å²) in [6.07, 6.45) is -4.60. The number of halogens is 2. The van der Waals surface area contributed by atoms with Crippen LogP contribution in [0.15, 0.2) is 0 Å². The summed E-state index contributed by atoms with van der Waals surface area (Å²) in [6, 6.07) is 0. The quantitative estimate of drug-likeness (QED) is 0.333. The van der Waals surface area contributed by atoms with E-state index in [1.165, 1.54) is 5.43 Å². The van der Waals surface area contributed by atoms with Gasteiger partial charge in [0.1, 0.15) is 6.10 Å². The molecule has 0 atom stereocenters. The third kappa shape index (κ3) is 1.87. The summed E-state index contributed by atoms with van der Waals surface area (Å²) in [4.78, 5) is 10.4. The van der Waals surface area contributed by atoms with Crippen LogP contribution in [0.1, 0.15) is 0 Å². The van der Waals surface area contributed by atoms with Crippen LogP contribution in [0, 0.1) is 0 Å². The Bertz CT molecular complexity index is 184. The van der Waals surface area contributed by atoms with Gasteiger partial charge in [0, 0.05) is 0 Å². The molecule has 0 unspecified atom stereocenters. The minimum Gasteiger partial charge on any atom is -0.376 e. The van der Waals surface area contributed by atoms with Crippen LogP contribution in [0.4, 0.5) is 8.78 Å². The summed E-state index contributed by atoms with van der Waals surface area (Å²) in [6.45, 7) is 0.154. The van der Waals surface area contributed by atoms with Gasteiger partial charge in [0.05, 0.1) is 13.2 Å². The molecule has 0 radical (unpaired) electrons. The fourth-order valence-electron chi connectivity index (χ4n) is 0.629. The molecule has 0 aromatic rings. The smallest absolute Gasteiger partial charge is 0.376 e. The number of nitrogens with one attached hydrogen (secondary N) is 1. The van der Waals surface area contributed by atoms with Gasteiger partial charge in [-0.2, -0.15) is 8.78 Å². The minimum atomic E-state index is -3.87. The number of amides is 1. The van der Waals surface area contributed by atoms with Crippen molar-refractivity contribution in [3.8, 4) is 0 Å². The van der Waals surface area contributed by atoms with Crippen molar-refractivity contribution in [2.45, 2.75) is 12.2 Å². The summed E-state index contributed by atoms with van der Waals surface area (Å²) in [5.74, 6) is 2.84. The fraction of sp³-hybridized carbons (Fsp3) is 0.800. The van der Waals surface area contributed by atoms with Crippen molar-refractivity contribution in [3.63, 3.8) is 0 Å². The normalized spacial score (nSPS) is 18.6. The van der Waals surface area contributed by atoms with Gasteiger partial charge < -0.3 is 9.47 Å². The van der Waals surface area contributed by atoms with E-state index in [0.29, 0.717) is 0 Å². The molecule has 0 aliphatic carbocycles. The number of alkyl halides is 2. The monoisotopic (exact) mass is 182 g/mol. The molecule has 0 aromatic carbocycles. The maximum atomic E-state index is 12.5. The van der Waals surface area contributed by atoms with Gasteiger partial charge in [-0.15, -0.1) is 0 Å². The average molecular weight is 182 g/mol. The molecule has 0 aromatic heterocycles. The lowest BCUT2D eigenvalue weighted by atomic mass is 10.3. The van der Waals surface area contributed by atoms with Crippen molar-refractivity contribution in [2.75, 3.05) is 13.2 Å². The van der Waals surface area contributed by atoms with Crippen LogP contribution in [0.2, 0.25) is 0 Å². The Kier molecular flexibility index (Phi) is 2.55. The number of nitrogens with two attached hydrogens (primary N) is 1. The van der Waals surface area contributed by atoms with E-state index in [1.807, 2.05) is 0 Å². The topological polar surface area (TPSA) is 73.6 Å². The van der Waals surface area contributed by atoms with Gasteiger partial charge in [-0.1, -0.05) is 0 Å². The van der Waals surface area contributed by atoms with E-state index in [9.17, 15) is 13.6 Å². The molecule has 1 aliphatic rings. The Labute approximate surface area is 66.8 Å². The molecule has 1 heterocycles. The van der Waals surface area contributed by atoms with Crippen LogP contribution in [-0.2, 0) is 14.3 Å². The van der Waals surface area contributed by atoms with E-state index >= 15 is 0 Å².